The third kappa shape index (κ3) is 9.60. The van der Waals surface area contributed by atoms with Crippen molar-refractivity contribution in [1.29, 1.82) is 5.26 Å². The fourth-order valence-corrected chi connectivity index (χ4v) is 4.68. The number of urea groups is 1. The first-order valence-corrected chi connectivity index (χ1v) is 14.7. The van der Waals surface area contributed by atoms with Crippen molar-refractivity contribution in [2.24, 2.45) is 0 Å². The summed E-state index contributed by atoms with van der Waals surface area (Å²) in [5.41, 5.74) is 2.87. The first kappa shape index (κ1) is 35.4. The minimum Gasteiger partial charge on any atom is -0.309 e. The van der Waals surface area contributed by atoms with Crippen molar-refractivity contribution < 1.29 is 18.0 Å². The zero-order valence-corrected chi connectivity index (χ0v) is 26.0. The van der Waals surface area contributed by atoms with E-state index in [1.165, 1.54) is 6.07 Å². The van der Waals surface area contributed by atoms with E-state index < -0.39 is 29.4 Å². The predicted octanol–water partition coefficient (Wildman–Crippen LogP) is 10.6. The number of carbonyl (C=O) groups is 1. The molecule has 0 heterocycles. The molecule has 0 saturated carbocycles. The fraction of sp³-hybridized carbons (Fsp3) is 0.243. The number of nitrogens with zero attached hydrogens (tertiary/aromatic N) is 2. The Balaban J connectivity index is 0.00000162. The molecule has 44 heavy (non-hydrogen) atoms. The first-order valence-electron chi connectivity index (χ1n) is 14.7. The van der Waals surface area contributed by atoms with Crippen LogP contribution in [0, 0.1) is 11.3 Å². The molecule has 230 valence electrons. The van der Waals surface area contributed by atoms with Crippen LogP contribution in [0.1, 0.15) is 74.0 Å². The van der Waals surface area contributed by atoms with Crippen LogP contribution >= 0.6 is 0 Å². The molecule has 0 bridgehead atoms. The Bertz CT molecular complexity index is 1530. The van der Waals surface area contributed by atoms with E-state index in [9.17, 15) is 18.0 Å². The van der Waals surface area contributed by atoms with Crippen molar-refractivity contribution in [3.63, 3.8) is 0 Å². The zero-order valence-electron chi connectivity index (χ0n) is 26.0. The van der Waals surface area contributed by atoms with E-state index in [2.05, 4.69) is 11.9 Å². The molecule has 7 heteroatoms. The SMILES string of the molecule is C=C(C)C(c1ccccc1)N(Cc1ccccc1Cc1ccccc1)C(=O)Nc1ccc(C#N)c(C(F)(F)F)c1.CC.CC. The lowest BCUT2D eigenvalue weighted by atomic mass is 9.96. The van der Waals surface area contributed by atoms with Crippen molar-refractivity contribution >= 4 is 11.7 Å². The molecule has 4 nitrogen and oxygen atoms in total. The summed E-state index contributed by atoms with van der Waals surface area (Å²) >= 11 is 0. The summed E-state index contributed by atoms with van der Waals surface area (Å²) in [6.07, 6.45) is -4.09. The number of hydrogen-bond donors (Lipinski definition) is 1. The van der Waals surface area contributed by atoms with Crippen molar-refractivity contribution in [2.45, 2.75) is 59.8 Å². The van der Waals surface area contributed by atoms with Gasteiger partial charge in [0, 0.05) is 12.2 Å². The van der Waals surface area contributed by atoms with Crippen LogP contribution in [-0.4, -0.2) is 10.9 Å². The van der Waals surface area contributed by atoms with Crippen LogP contribution in [0.3, 0.4) is 0 Å². The molecule has 0 aliphatic heterocycles. The Labute approximate surface area is 259 Å². The van der Waals surface area contributed by atoms with Gasteiger partial charge in [-0.25, -0.2) is 4.79 Å². The molecular formula is C37H40F3N3O. The second-order valence-electron chi connectivity index (χ2n) is 9.52. The summed E-state index contributed by atoms with van der Waals surface area (Å²) in [5, 5.41) is 11.8. The van der Waals surface area contributed by atoms with E-state index in [0.29, 0.717) is 12.0 Å². The lowest BCUT2D eigenvalue weighted by Gasteiger charge is -2.33. The molecule has 1 atom stereocenters. The van der Waals surface area contributed by atoms with Crippen LogP contribution < -0.4 is 5.32 Å². The number of anilines is 1. The number of halogens is 3. The number of hydrogen-bond acceptors (Lipinski definition) is 2. The van der Waals surface area contributed by atoms with Gasteiger partial charge < -0.3 is 10.2 Å². The normalized spacial score (nSPS) is 11.0. The maximum absolute atomic E-state index is 13.8. The number of amides is 2. The van der Waals surface area contributed by atoms with E-state index in [1.807, 2.05) is 120 Å². The van der Waals surface area contributed by atoms with Gasteiger partial charge in [0.05, 0.1) is 23.2 Å². The third-order valence-electron chi connectivity index (χ3n) is 6.55. The molecule has 1 unspecified atom stereocenters. The van der Waals surface area contributed by atoms with Crippen LogP contribution in [0.15, 0.2) is 115 Å². The molecule has 1 N–H and O–H groups in total. The van der Waals surface area contributed by atoms with E-state index >= 15 is 0 Å². The largest absolute Gasteiger partial charge is 0.417 e. The highest BCUT2D eigenvalue weighted by Crippen LogP contribution is 2.35. The van der Waals surface area contributed by atoms with Gasteiger partial charge in [-0.15, -0.1) is 0 Å². The van der Waals surface area contributed by atoms with Crippen LogP contribution in [0.5, 0.6) is 0 Å². The monoisotopic (exact) mass is 599 g/mol. The smallest absolute Gasteiger partial charge is 0.309 e. The highest BCUT2D eigenvalue weighted by Gasteiger charge is 2.34. The van der Waals surface area contributed by atoms with E-state index in [1.54, 1.807) is 11.0 Å². The summed E-state index contributed by atoms with van der Waals surface area (Å²) in [7, 11) is 0. The molecule has 0 fully saturated rings. The minimum absolute atomic E-state index is 0.0626. The molecule has 2 amide bonds. The second-order valence-corrected chi connectivity index (χ2v) is 9.52. The molecule has 0 spiro atoms. The van der Waals surface area contributed by atoms with Crippen molar-refractivity contribution in [3.05, 3.63) is 149 Å². The van der Waals surface area contributed by atoms with E-state index in [0.717, 1.165) is 34.4 Å². The molecule has 0 saturated heterocycles. The van der Waals surface area contributed by atoms with Gasteiger partial charge in [-0.3, -0.25) is 0 Å². The number of nitrogens with one attached hydrogen (secondary N) is 1. The summed E-state index contributed by atoms with van der Waals surface area (Å²) in [5.74, 6) is 0. The highest BCUT2D eigenvalue weighted by molar-refractivity contribution is 5.90. The number of rotatable bonds is 8. The average molecular weight is 600 g/mol. The van der Waals surface area contributed by atoms with Gasteiger partial charge in [-0.2, -0.15) is 18.4 Å². The highest BCUT2D eigenvalue weighted by atomic mass is 19.4. The Kier molecular flexibility index (Phi) is 13.9. The van der Waals surface area contributed by atoms with Gasteiger partial charge in [0.1, 0.15) is 0 Å². The van der Waals surface area contributed by atoms with Crippen molar-refractivity contribution in [3.8, 4) is 6.07 Å². The molecular weight excluding hydrogens is 559 g/mol. The molecule has 4 aromatic rings. The summed E-state index contributed by atoms with van der Waals surface area (Å²) < 4.78 is 40.8. The molecule has 4 rings (SSSR count). The number of benzene rings is 4. The molecule has 0 aromatic heterocycles. The quantitative estimate of drug-likeness (QED) is 0.205. The number of nitriles is 1. The van der Waals surface area contributed by atoms with Crippen LogP contribution in [0.25, 0.3) is 0 Å². The van der Waals surface area contributed by atoms with Gasteiger partial charge in [0.15, 0.2) is 0 Å². The number of carbonyl (C=O) groups excluding carboxylic acids is 1. The third-order valence-corrected chi connectivity index (χ3v) is 6.55. The fourth-order valence-electron chi connectivity index (χ4n) is 4.68. The summed E-state index contributed by atoms with van der Waals surface area (Å²) in [6, 6.07) is 30.7. The van der Waals surface area contributed by atoms with Crippen LogP contribution in [-0.2, 0) is 19.1 Å². The van der Waals surface area contributed by atoms with Gasteiger partial charge in [0.25, 0.3) is 0 Å². The first-order chi connectivity index (χ1) is 21.2. The zero-order chi connectivity index (χ0) is 32.7. The predicted molar refractivity (Wildman–Crippen MR) is 173 cm³/mol. The topological polar surface area (TPSA) is 56.1 Å². The van der Waals surface area contributed by atoms with Crippen LogP contribution in [0.2, 0.25) is 0 Å². The standard InChI is InChI=1S/C33H28F3N3O.2C2H6/c1-23(2)31(25-13-7-4-8-14-25)39(22-28-16-10-9-15-26(28)19-24-11-5-3-6-12-24)32(40)38-29-18-17-27(21-37)30(20-29)33(34,35)36;2*1-2/h3-18,20,31H,1,19,22H2,2H3,(H,38,40);2*1-2H3. The Hall–Kier alpha value is -4.83. The molecule has 0 aliphatic carbocycles. The van der Waals surface area contributed by atoms with Gasteiger partial charge >= 0.3 is 12.2 Å². The summed E-state index contributed by atoms with van der Waals surface area (Å²) in [4.78, 5) is 15.4. The van der Waals surface area contributed by atoms with Gasteiger partial charge in [0.2, 0.25) is 0 Å². The lowest BCUT2D eigenvalue weighted by Crippen LogP contribution is -2.38. The number of alkyl halides is 3. The van der Waals surface area contributed by atoms with Crippen molar-refractivity contribution in [2.75, 3.05) is 5.32 Å². The average Bonchev–Trinajstić information content (AvgIpc) is 3.04. The maximum Gasteiger partial charge on any atom is 0.417 e. The lowest BCUT2D eigenvalue weighted by molar-refractivity contribution is -0.137. The molecule has 0 radical (unpaired) electrons. The Morgan fingerprint density at radius 2 is 1.41 bits per heavy atom. The minimum atomic E-state index is -4.74. The van der Waals surface area contributed by atoms with Crippen molar-refractivity contribution in [1.82, 2.24) is 4.90 Å². The van der Waals surface area contributed by atoms with Crippen LogP contribution in [0.4, 0.5) is 23.7 Å². The second kappa shape index (κ2) is 17.3. The Morgan fingerprint density at radius 3 is 1.95 bits per heavy atom. The molecule has 0 aliphatic rings. The van der Waals surface area contributed by atoms with E-state index in [-0.39, 0.29) is 12.2 Å². The van der Waals surface area contributed by atoms with E-state index in [4.69, 9.17) is 5.26 Å². The van der Waals surface area contributed by atoms with Gasteiger partial charge in [-0.05, 0) is 53.8 Å². The Morgan fingerprint density at radius 1 is 0.864 bits per heavy atom. The summed E-state index contributed by atoms with van der Waals surface area (Å²) in [6.45, 7) is 14.1. The molecule has 4 aromatic carbocycles. The maximum atomic E-state index is 13.8. The van der Waals surface area contributed by atoms with Gasteiger partial charge in [-0.1, -0.05) is 125 Å².